The SMILES string of the molecule is CC(C)(O)C(C)(C)O[B]c1cccc2oc3ccc(-c4ccc5c(ccc6ccccc65)c4)cc3c12. The van der Waals surface area contributed by atoms with Crippen LogP contribution in [0.5, 0.6) is 0 Å². The van der Waals surface area contributed by atoms with E-state index in [4.69, 9.17) is 9.07 Å². The van der Waals surface area contributed by atoms with Crippen LogP contribution in [-0.2, 0) is 4.65 Å². The molecule has 1 heterocycles. The van der Waals surface area contributed by atoms with E-state index in [1.54, 1.807) is 21.3 Å². The van der Waals surface area contributed by atoms with E-state index in [-0.39, 0.29) is 0 Å². The van der Waals surface area contributed by atoms with Crippen LogP contribution in [0.4, 0.5) is 0 Å². The summed E-state index contributed by atoms with van der Waals surface area (Å²) >= 11 is 0. The number of fused-ring (bicyclic) bond motifs is 6. The van der Waals surface area contributed by atoms with Gasteiger partial charge in [0.2, 0.25) is 0 Å². The molecular formula is C32H28BO3. The van der Waals surface area contributed by atoms with Crippen LogP contribution in [0.25, 0.3) is 54.6 Å². The monoisotopic (exact) mass is 471 g/mol. The topological polar surface area (TPSA) is 42.6 Å². The lowest BCUT2D eigenvalue weighted by Gasteiger charge is -2.37. The van der Waals surface area contributed by atoms with Gasteiger partial charge in [-0.3, -0.25) is 0 Å². The number of hydrogen-bond donors (Lipinski definition) is 1. The van der Waals surface area contributed by atoms with Gasteiger partial charge in [-0.2, -0.15) is 0 Å². The van der Waals surface area contributed by atoms with Crippen molar-refractivity contribution in [1.82, 2.24) is 0 Å². The smallest absolute Gasteiger partial charge is 0.331 e. The van der Waals surface area contributed by atoms with E-state index in [0.29, 0.717) is 0 Å². The lowest BCUT2D eigenvalue weighted by atomic mass is 9.80. The highest BCUT2D eigenvalue weighted by Gasteiger charge is 2.36. The van der Waals surface area contributed by atoms with Crippen molar-refractivity contribution in [3.8, 4) is 11.1 Å². The van der Waals surface area contributed by atoms with Crippen molar-refractivity contribution in [3.05, 3.63) is 91.0 Å². The van der Waals surface area contributed by atoms with Crippen LogP contribution in [-0.4, -0.2) is 23.8 Å². The second-order valence-electron chi connectivity index (χ2n) is 10.6. The van der Waals surface area contributed by atoms with Crippen LogP contribution in [0.15, 0.2) is 95.4 Å². The van der Waals surface area contributed by atoms with Gasteiger partial charge in [-0.25, -0.2) is 0 Å². The maximum atomic E-state index is 10.5. The molecule has 3 nitrogen and oxygen atoms in total. The maximum Gasteiger partial charge on any atom is 0.331 e. The lowest BCUT2D eigenvalue weighted by molar-refractivity contribution is -0.0893. The molecule has 0 fully saturated rings. The molecule has 0 unspecified atom stereocenters. The number of furan rings is 1. The van der Waals surface area contributed by atoms with Gasteiger partial charge in [0, 0.05) is 10.8 Å². The molecule has 0 aliphatic heterocycles. The standard InChI is InChI=1S/C32H28BO3/c1-31(2,34)32(3,4)36-33-27-10-7-11-29-30(27)26-19-22(15-17-28(26)35-29)21-14-16-25-23(18-21)13-12-20-8-5-6-9-24(20)25/h5-19,34H,1-4H3. The Hall–Kier alpha value is -3.60. The van der Waals surface area contributed by atoms with Crippen molar-refractivity contribution >= 4 is 56.4 Å². The molecule has 6 aromatic rings. The predicted octanol–water partition coefficient (Wildman–Crippen LogP) is 7.37. The molecule has 1 N–H and O–H groups in total. The van der Waals surface area contributed by atoms with Crippen LogP contribution >= 0.6 is 0 Å². The molecule has 36 heavy (non-hydrogen) atoms. The second-order valence-corrected chi connectivity index (χ2v) is 10.6. The Kier molecular flexibility index (Phi) is 5.22. The van der Waals surface area contributed by atoms with Crippen molar-refractivity contribution in [2.24, 2.45) is 0 Å². The van der Waals surface area contributed by atoms with Gasteiger partial charge >= 0.3 is 7.48 Å². The summed E-state index contributed by atoms with van der Waals surface area (Å²) in [7, 11) is 1.74. The van der Waals surface area contributed by atoms with Gasteiger partial charge in [0.1, 0.15) is 11.2 Å². The number of benzene rings is 5. The zero-order valence-corrected chi connectivity index (χ0v) is 21.0. The number of aliphatic hydroxyl groups is 1. The van der Waals surface area contributed by atoms with E-state index in [0.717, 1.165) is 38.5 Å². The molecule has 0 saturated carbocycles. The van der Waals surface area contributed by atoms with E-state index >= 15 is 0 Å². The van der Waals surface area contributed by atoms with Crippen molar-refractivity contribution in [2.75, 3.05) is 0 Å². The van der Waals surface area contributed by atoms with Crippen molar-refractivity contribution in [2.45, 2.75) is 38.9 Å². The van der Waals surface area contributed by atoms with Crippen molar-refractivity contribution in [3.63, 3.8) is 0 Å². The average Bonchev–Trinajstić information content (AvgIpc) is 3.25. The summed E-state index contributed by atoms with van der Waals surface area (Å²) in [4.78, 5) is 0. The van der Waals surface area contributed by atoms with Crippen molar-refractivity contribution < 1.29 is 14.2 Å². The summed E-state index contributed by atoms with van der Waals surface area (Å²) in [5.41, 5.74) is 3.11. The quantitative estimate of drug-likeness (QED) is 0.211. The number of rotatable bonds is 5. The zero-order chi connectivity index (χ0) is 25.1. The highest BCUT2D eigenvalue weighted by molar-refractivity contribution is 6.52. The Bertz CT molecular complexity index is 1750. The van der Waals surface area contributed by atoms with Gasteiger partial charge in [0.05, 0.1) is 11.2 Å². The van der Waals surface area contributed by atoms with E-state index in [1.165, 1.54) is 21.5 Å². The summed E-state index contributed by atoms with van der Waals surface area (Å²) in [6.07, 6.45) is 0. The molecule has 0 amide bonds. The summed E-state index contributed by atoms with van der Waals surface area (Å²) in [5.74, 6) is 0. The first kappa shape index (κ1) is 22.8. The Morgan fingerprint density at radius 3 is 2.22 bits per heavy atom. The van der Waals surface area contributed by atoms with E-state index in [2.05, 4.69) is 66.7 Å². The normalized spacial score (nSPS) is 12.7. The third kappa shape index (κ3) is 3.78. The van der Waals surface area contributed by atoms with Gasteiger partial charge in [0.15, 0.2) is 0 Å². The maximum absolute atomic E-state index is 10.5. The van der Waals surface area contributed by atoms with Crippen LogP contribution in [0.2, 0.25) is 0 Å². The average molecular weight is 471 g/mol. The number of hydrogen-bond acceptors (Lipinski definition) is 3. The third-order valence-electron chi connectivity index (χ3n) is 7.56. The van der Waals surface area contributed by atoms with Crippen molar-refractivity contribution in [1.29, 1.82) is 0 Å². The molecule has 0 saturated heterocycles. The van der Waals surface area contributed by atoms with Crippen LogP contribution in [0.1, 0.15) is 27.7 Å². The van der Waals surface area contributed by atoms with Crippen LogP contribution in [0, 0.1) is 0 Å². The fourth-order valence-electron chi connectivity index (χ4n) is 4.68. The molecule has 1 radical (unpaired) electrons. The zero-order valence-electron chi connectivity index (χ0n) is 21.0. The Labute approximate surface area is 211 Å². The van der Waals surface area contributed by atoms with Gasteiger partial charge in [0.25, 0.3) is 0 Å². The molecule has 0 bridgehead atoms. The molecule has 4 heteroatoms. The van der Waals surface area contributed by atoms with Crippen LogP contribution in [0.3, 0.4) is 0 Å². The molecule has 0 aliphatic rings. The predicted molar refractivity (Wildman–Crippen MR) is 151 cm³/mol. The summed E-state index contributed by atoms with van der Waals surface area (Å²) in [6.45, 7) is 7.29. The summed E-state index contributed by atoms with van der Waals surface area (Å²) in [5, 5.41) is 17.6. The van der Waals surface area contributed by atoms with Gasteiger partial charge in [-0.15, -0.1) is 0 Å². The largest absolute Gasteiger partial charge is 0.456 e. The minimum absolute atomic E-state index is 0.755. The minimum atomic E-state index is -0.996. The Morgan fingerprint density at radius 1 is 0.667 bits per heavy atom. The van der Waals surface area contributed by atoms with Gasteiger partial charge in [-0.05, 0) is 90.1 Å². The third-order valence-corrected chi connectivity index (χ3v) is 7.56. The van der Waals surface area contributed by atoms with Gasteiger partial charge < -0.3 is 14.2 Å². The highest BCUT2D eigenvalue weighted by atomic mass is 16.5. The Balaban J connectivity index is 1.44. The van der Waals surface area contributed by atoms with E-state index in [1.807, 2.05) is 38.1 Å². The molecule has 1 aromatic heterocycles. The summed E-state index contributed by atoms with van der Waals surface area (Å²) in [6, 6.07) is 31.9. The molecule has 6 rings (SSSR count). The minimum Gasteiger partial charge on any atom is -0.456 e. The molecule has 0 spiro atoms. The van der Waals surface area contributed by atoms with E-state index < -0.39 is 11.2 Å². The Morgan fingerprint density at radius 2 is 1.39 bits per heavy atom. The fraction of sp³-hybridized carbons (Fsp3) is 0.188. The molecule has 0 atom stereocenters. The lowest BCUT2D eigenvalue weighted by Crippen LogP contribution is -2.49. The van der Waals surface area contributed by atoms with Gasteiger partial charge in [-0.1, -0.05) is 66.7 Å². The van der Waals surface area contributed by atoms with Crippen LogP contribution < -0.4 is 5.46 Å². The molecule has 5 aromatic carbocycles. The molecule has 177 valence electrons. The van der Waals surface area contributed by atoms with E-state index in [9.17, 15) is 5.11 Å². The molecular weight excluding hydrogens is 443 g/mol. The first-order valence-electron chi connectivity index (χ1n) is 12.3. The highest BCUT2D eigenvalue weighted by Crippen LogP contribution is 2.34. The second kappa shape index (κ2) is 8.23. The summed E-state index contributed by atoms with van der Waals surface area (Å²) < 4.78 is 12.3. The molecule has 0 aliphatic carbocycles. The first-order valence-corrected chi connectivity index (χ1v) is 12.3. The fourth-order valence-corrected chi connectivity index (χ4v) is 4.68. The first-order chi connectivity index (χ1) is 17.2.